The van der Waals surface area contributed by atoms with E-state index in [2.05, 4.69) is 5.32 Å². The fraction of sp³-hybridized carbons (Fsp3) is 0.500. The number of benzene rings is 3. The summed E-state index contributed by atoms with van der Waals surface area (Å²) in [5.74, 6) is -5.76. The molecule has 3 aliphatic rings. The summed E-state index contributed by atoms with van der Waals surface area (Å²) in [6, 6.07) is 21.4. The van der Waals surface area contributed by atoms with Crippen molar-refractivity contribution in [3.8, 4) is 11.1 Å². The molecule has 11 N–H and O–H groups in total. The molecule has 0 spiro atoms. The molecule has 3 aromatic carbocycles. The molecule has 63 heavy (non-hydrogen) atoms. The Morgan fingerprint density at radius 2 is 1.56 bits per heavy atom. The minimum Gasteiger partial charge on any atom is -0.477 e. The average Bonchev–Trinajstić information content (AvgIpc) is 3.27. The maximum absolute atomic E-state index is 13.0. The molecule has 3 aliphatic heterocycles. The second-order valence-corrected chi connectivity index (χ2v) is 15.8. The first-order valence-electron chi connectivity index (χ1n) is 20.1. The third kappa shape index (κ3) is 11.7. The van der Waals surface area contributed by atoms with E-state index in [-0.39, 0.29) is 31.8 Å². The molecule has 344 valence electrons. The van der Waals surface area contributed by atoms with E-state index < -0.39 is 123 Å². The molecule has 6 rings (SSSR count). The predicted octanol–water partition coefficient (Wildman–Crippen LogP) is -0.398. The fourth-order valence-corrected chi connectivity index (χ4v) is 7.75. The molecule has 0 aliphatic carbocycles. The van der Waals surface area contributed by atoms with Crippen molar-refractivity contribution in [1.82, 2.24) is 10.6 Å². The Bertz CT molecular complexity index is 1970. The maximum Gasteiger partial charge on any atom is 0.405 e. The molecule has 0 bridgehead atoms. The van der Waals surface area contributed by atoms with Gasteiger partial charge in [0.1, 0.15) is 48.8 Å². The van der Waals surface area contributed by atoms with Gasteiger partial charge in [-0.2, -0.15) is 0 Å². The van der Waals surface area contributed by atoms with E-state index in [9.17, 15) is 60.3 Å². The van der Waals surface area contributed by atoms with Gasteiger partial charge in [-0.3, -0.25) is 4.79 Å². The van der Waals surface area contributed by atoms with Crippen LogP contribution in [-0.2, 0) is 39.8 Å². The van der Waals surface area contributed by atoms with Gasteiger partial charge in [0.2, 0.25) is 0 Å². The zero-order valence-electron chi connectivity index (χ0n) is 33.5. The smallest absolute Gasteiger partial charge is 0.405 e. The van der Waals surface area contributed by atoms with Crippen molar-refractivity contribution in [3.63, 3.8) is 0 Å². The molecule has 3 saturated heterocycles. The SMILES string of the molecule is O=C(O)N[C@H]1[C@H]([C@H](O)[C@H](O)CNC(=O)c2ccc(Cl)cc2)O[C@](O[C@H]2[C@H](O)[C@@H](O[C@H]3CCO[C@@H](COCc4ccc(-c5ccccc5)cc4)[C@@H]3O)O[C@@H](CO)[C@@H]2O)(C(=O)O)C[C@@H]1O. The minimum atomic E-state index is -3.08. The van der Waals surface area contributed by atoms with Crippen molar-refractivity contribution in [1.29, 1.82) is 0 Å². The van der Waals surface area contributed by atoms with E-state index in [0.717, 1.165) is 16.7 Å². The van der Waals surface area contributed by atoms with Gasteiger partial charge < -0.3 is 85.0 Å². The van der Waals surface area contributed by atoms with Crippen LogP contribution in [0.1, 0.15) is 28.8 Å². The molecule has 2 amide bonds. The van der Waals surface area contributed by atoms with Crippen molar-refractivity contribution in [2.75, 3.05) is 26.4 Å². The lowest BCUT2D eigenvalue weighted by molar-refractivity contribution is -0.376. The Balaban J connectivity index is 1.12. The highest BCUT2D eigenvalue weighted by molar-refractivity contribution is 6.30. The molecule has 3 heterocycles. The first kappa shape index (κ1) is 48.1. The molecule has 21 heteroatoms. The number of aliphatic carboxylic acids is 1. The normalized spacial score (nSPS) is 32.0. The Morgan fingerprint density at radius 1 is 0.873 bits per heavy atom. The lowest BCUT2D eigenvalue weighted by Crippen LogP contribution is -2.70. The van der Waals surface area contributed by atoms with Gasteiger partial charge in [-0.25, -0.2) is 9.59 Å². The Morgan fingerprint density at radius 3 is 2.21 bits per heavy atom. The summed E-state index contributed by atoms with van der Waals surface area (Å²) in [6.45, 7) is -1.37. The van der Waals surface area contributed by atoms with Crippen LogP contribution in [0.2, 0.25) is 5.02 Å². The second kappa shape index (κ2) is 21.5. The van der Waals surface area contributed by atoms with Crippen molar-refractivity contribution < 1.29 is 88.8 Å². The van der Waals surface area contributed by atoms with Crippen LogP contribution in [0.25, 0.3) is 11.1 Å². The first-order chi connectivity index (χ1) is 30.1. The lowest BCUT2D eigenvalue weighted by Gasteiger charge is -2.50. The van der Waals surface area contributed by atoms with E-state index in [1.54, 1.807) is 0 Å². The van der Waals surface area contributed by atoms with Crippen LogP contribution in [0.4, 0.5) is 4.79 Å². The molecular weight excluding hydrogens is 856 g/mol. The molecule has 0 radical (unpaired) electrons. The van der Waals surface area contributed by atoms with Gasteiger partial charge in [0.15, 0.2) is 6.29 Å². The Hall–Kier alpha value is -4.36. The van der Waals surface area contributed by atoms with Gasteiger partial charge in [-0.05, 0) is 47.4 Å². The molecule has 0 aromatic heterocycles. The minimum absolute atomic E-state index is 0.0613. The van der Waals surface area contributed by atoms with Crippen LogP contribution in [0.15, 0.2) is 78.9 Å². The van der Waals surface area contributed by atoms with Crippen LogP contribution in [0.5, 0.6) is 0 Å². The second-order valence-electron chi connectivity index (χ2n) is 15.4. The van der Waals surface area contributed by atoms with E-state index >= 15 is 0 Å². The summed E-state index contributed by atoms with van der Waals surface area (Å²) in [4.78, 5) is 37.4. The average molecular weight is 907 g/mol. The number of aliphatic hydroxyl groups is 7. The van der Waals surface area contributed by atoms with Crippen LogP contribution in [0, 0.1) is 0 Å². The first-order valence-corrected chi connectivity index (χ1v) is 20.4. The third-order valence-electron chi connectivity index (χ3n) is 11.1. The number of aliphatic hydroxyl groups excluding tert-OH is 7. The van der Waals surface area contributed by atoms with E-state index in [1.165, 1.54) is 24.3 Å². The highest BCUT2D eigenvalue weighted by Gasteiger charge is 2.60. The van der Waals surface area contributed by atoms with Gasteiger partial charge >= 0.3 is 12.1 Å². The molecular formula is C42H51ClN2O18. The molecule has 14 atom stereocenters. The standard InChI is InChI=1S/C42H51ClN2O18/c43-25-12-10-24(11-13-25)38(53)44-17-27(48)32(49)36-31(45-41(56)57)26(47)16-42(62-36,40(54)55)63-37-34(51)29(18-46)61-39(35(37)52)60-28-14-15-59-30(33(28)50)20-58-19-21-6-8-23(9-7-21)22-4-2-1-3-5-22/h1-13,26-37,39,45-52H,14-20H2,(H,44,53)(H,54,55)(H,56,57)/t26-,27+,28-,29-,30-,31+,32+,33+,34-,35-,36+,37+,39-,42+/m0/s1. The van der Waals surface area contributed by atoms with Gasteiger partial charge in [-0.15, -0.1) is 0 Å². The molecule has 0 unspecified atom stereocenters. The highest BCUT2D eigenvalue weighted by atomic mass is 35.5. The zero-order chi connectivity index (χ0) is 45.4. The molecule has 20 nitrogen and oxygen atoms in total. The number of carbonyl (C=O) groups excluding carboxylic acids is 1. The van der Waals surface area contributed by atoms with Gasteiger partial charge in [-0.1, -0.05) is 66.2 Å². The summed E-state index contributed by atoms with van der Waals surface area (Å²) >= 11 is 5.86. The fourth-order valence-electron chi connectivity index (χ4n) is 7.62. The highest BCUT2D eigenvalue weighted by Crippen LogP contribution is 2.38. The zero-order valence-corrected chi connectivity index (χ0v) is 34.3. The quantitative estimate of drug-likeness (QED) is 0.0821. The van der Waals surface area contributed by atoms with E-state index in [0.29, 0.717) is 5.02 Å². The van der Waals surface area contributed by atoms with Crippen LogP contribution >= 0.6 is 11.6 Å². The Kier molecular flexibility index (Phi) is 16.5. The summed E-state index contributed by atoms with van der Waals surface area (Å²) in [7, 11) is 0. The summed E-state index contributed by atoms with van der Waals surface area (Å²) in [6.07, 6.45) is -23.8. The summed E-state index contributed by atoms with van der Waals surface area (Å²) in [5, 5.41) is 102. The molecule has 0 saturated carbocycles. The number of rotatable bonds is 17. The van der Waals surface area contributed by atoms with Crippen LogP contribution in [-0.4, -0.2) is 176 Å². The number of ether oxygens (including phenoxy) is 6. The van der Waals surface area contributed by atoms with E-state index in [1.807, 2.05) is 59.9 Å². The molecule has 3 aromatic rings. The maximum atomic E-state index is 13.0. The third-order valence-corrected chi connectivity index (χ3v) is 11.3. The van der Waals surface area contributed by atoms with Crippen LogP contribution in [0.3, 0.4) is 0 Å². The number of nitrogens with one attached hydrogen (secondary N) is 2. The summed E-state index contributed by atoms with van der Waals surface area (Å²) < 4.78 is 34.7. The van der Waals surface area contributed by atoms with Gasteiger partial charge in [0, 0.05) is 30.2 Å². The van der Waals surface area contributed by atoms with Crippen LogP contribution < -0.4 is 10.6 Å². The lowest BCUT2D eigenvalue weighted by atomic mass is 9.88. The van der Waals surface area contributed by atoms with Crippen molar-refractivity contribution in [3.05, 3.63) is 95.0 Å². The molecule has 3 fully saturated rings. The number of carbonyl (C=O) groups is 3. The van der Waals surface area contributed by atoms with Gasteiger partial charge in [0.05, 0.1) is 44.2 Å². The predicted molar refractivity (Wildman–Crippen MR) is 216 cm³/mol. The number of amides is 2. The topological polar surface area (TPSA) is 313 Å². The monoisotopic (exact) mass is 906 g/mol. The number of hydrogen-bond acceptors (Lipinski definition) is 16. The van der Waals surface area contributed by atoms with Crippen molar-refractivity contribution >= 4 is 29.6 Å². The number of carboxylic acids is 1. The number of carboxylic acid groups (broad SMARTS) is 2. The largest absolute Gasteiger partial charge is 0.477 e. The number of halogens is 1. The van der Waals surface area contributed by atoms with Crippen molar-refractivity contribution in [2.24, 2.45) is 0 Å². The number of hydrogen-bond donors (Lipinski definition) is 11. The van der Waals surface area contributed by atoms with Gasteiger partial charge in [0.25, 0.3) is 11.7 Å². The van der Waals surface area contributed by atoms with E-state index in [4.69, 9.17) is 40.0 Å². The summed E-state index contributed by atoms with van der Waals surface area (Å²) in [5.41, 5.74) is 3.08. The Labute approximate surface area is 365 Å². The van der Waals surface area contributed by atoms with Crippen molar-refractivity contribution in [2.45, 2.75) is 105 Å².